The molecule has 1 saturated heterocycles. The van der Waals surface area contributed by atoms with E-state index in [1.54, 1.807) is 13.3 Å². The molecule has 1 amide bonds. The number of amides is 1. The van der Waals surface area contributed by atoms with E-state index in [1.807, 2.05) is 23.1 Å². The topological polar surface area (TPSA) is 54.5 Å². The van der Waals surface area contributed by atoms with Crippen molar-refractivity contribution >= 4 is 5.91 Å². The average Bonchev–Trinajstić information content (AvgIpc) is 2.97. The fraction of sp³-hybridized carbons (Fsp3) is 0.600. The quantitative estimate of drug-likeness (QED) is 0.809. The van der Waals surface area contributed by atoms with Crippen LogP contribution in [0.2, 0.25) is 0 Å². The molecule has 1 N–H and O–H groups in total. The van der Waals surface area contributed by atoms with E-state index < -0.39 is 0 Å². The van der Waals surface area contributed by atoms with Gasteiger partial charge in [-0.05, 0) is 37.6 Å². The molecule has 1 aliphatic rings. The zero-order valence-corrected chi connectivity index (χ0v) is 12.0. The average molecular weight is 277 g/mol. The summed E-state index contributed by atoms with van der Waals surface area (Å²) in [5.41, 5.74) is 0.918. The first kappa shape index (κ1) is 14.9. The van der Waals surface area contributed by atoms with Crippen molar-refractivity contribution in [1.29, 1.82) is 0 Å². The maximum Gasteiger partial charge on any atom is 0.223 e. The van der Waals surface area contributed by atoms with Gasteiger partial charge in [-0.1, -0.05) is 6.07 Å². The number of methoxy groups -OCH3 is 1. The van der Waals surface area contributed by atoms with Crippen molar-refractivity contribution in [2.45, 2.75) is 19.4 Å². The predicted molar refractivity (Wildman–Crippen MR) is 77.1 cm³/mol. The van der Waals surface area contributed by atoms with E-state index >= 15 is 0 Å². The van der Waals surface area contributed by atoms with E-state index in [0.29, 0.717) is 32.0 Å². The zero-order valence-electron chi connectivity index (χ0n) is 12.0. The first-order valence-electron chi connectivity index (χ1n) is 7.17. The van der Waals surface area contributed by atoms with Gasteiger partial charge in [0.2, 0.25) is 5.91 Å². The first-order chi connectivity index (χ1) is 9.79. The van der Waals surface area contributed by atoms with E-state index in [1.165, 1.54) is 0 Å². The summed E-state index contributed by atoms with van der Waals surface area (Å²) in [5, 5.41) is 3.30. The second-order valence-electron chi connectivity index (χ2n) is 5.19. The Bertz CT molecular complexity index is 405. The minimum atomic E-state index is 0.196. The van der Waals surface area contributed by atoms with Crippen LogP contribution in [0.5, 0.6) is 0 Å². The van der Waals surface area contributed by atoms with Gasteiger partial charge >= 0.3 is 0 Å². The molecule has 1 fully saturated rings. The number of hydrogen-bond donors (Lipinski definition) is 1. The van der Waals surface area contributed by atoms with Crippen LogP contribution in [0.15, 0.2) is 24.4 Å². The van der Waals surface area contributed by atoms with Gasteiger partial charge in [0.1, 0.15) is 0 Å². The smallest absolute Gasteiger partial charge is 0.223 e. The van der Waals surface area contributed by atoms with Crippen molar-refractivity contribution < 1.29 is 9.53 Å². The third-order valence-corrected chi connectivity index (χ3v) is 3.62. The lowest BCUT2D eigenvalue weighted by Crippen LogP contribution is -2.35. The molecule has 5 nitrogen and oxygen atoms in total. The molecule has 5 heteroatoms. The molecule has 1 aromatic heterocycles. The Morgan fingerprint density at radius 3 is 3.10 bits per heavy atom. The number of nitrogens with zero attached hydrogens (tertiary/aromatic N) is 2. The van der Waals surface area contributed by atoms with Gasteiger partial charge in [-0.3, -0.25) is 9.78 Å². The zero-order chi connectivity index (χ0) is 14.2. The van der Waals surface area contributed by atoms with Crippen molar-refractivity contribution in [2.75, 3.05) is 33.4 Å². The van der Waals surface area contributed by atoms with Gasteiger partial charge in [-0.25, -0.2) is 0 Å². The fourth-order valence-corrected chi connectivity index (χ4v) is 2.45. The van der Waals surface area contributed by atoms with E-state index in [2.05, 4.69) is 10.3 Å². The number of carbonyl (C=O) groups excluding carboxylic acids is 1. The Morgan fingerprint density at radius 2 is 2.45 bits per heavy atom. The molecule has 2 rings (SSSR count). The molecule has 1 aromatic rings. The van der Waals surface area contributed by atoms with Gasteiger partial charge < -0.3 is 15.0 Å². The van der Waals surface area contributed by atoms with Crippen LogP contribution in [0, 0.1) is 5.92 Å². The lowest BCUT2D eigenvalue weighted by atomic mass is 10.0. The summed E-state index contributed by atoms with van der Waals surface area (Å²) in [5.74, 6) is 0.665. The van der Waals surface area contributed by atoms with Gasteiger partial charge in [0.25, 0.3) is 0 Å². The van der Waals surface area contributed by atoms with Crippen LogP contribution in [0.25, 0.3) is 0 Å². The molecule has 0 aliphatic carbocycles. The Morgan fingerprint density at radius 1 is 1.55 bits per heavy atom. The Labute approximate surface area is 120 Å². The molecule has 110 valence electrons. The van der Waals surface area contributed by atoms with Crippen molar-refractivity contribution in [3.8, 4) is 0 Å². The van der Waals surface area contributed by atoms with Crippen molar-refractivity contribution in [1.82, 2.24) is 15.2 Å². The van der Waals surface area contributed by atoms with E-state index in [0.717, 1.165) is 25.2 Å². The van der Waals surface area contributed by atoms with Crippen LogP contribution in [-0.2, 0) is 16.1 Å². The van der Waals surface area contributed by atoms with Gasteiger partial charge in [0.05, 0.1) is 18.8 Å². The molecule has 0 saturated carbocycles. The molecular formula is C15H23N3O2. The SMILES string of the molecule is COCCN(Cc1ccccn1)C(=O)C[C@H]1CCNC1. The molecule has 20 heavy (non-hydrogen) atoms. The Balaban J connectivity index is 1.92. The highest BCUT2D eigenvalue weighted by Gasteiger charge is 2.22. The molecule has 2 heterocycles. The van der Waals surface area contributed by atoms with Crippen LogP contribution in [-0.4, -0.2) is 49.1 Å². The summed E-state index contributed by atoms with van der Waals surface area (Å²) in [6, 6.07) is 5.78. The molecule has 0 aromatic carbocycles. The molecular weight excluding hydrogens is 254 g/mol. The number of carbonyl (C=O) groups is 1. The fourth-order valence-electron chi connectivity index (χ4n) is 2.45. The van der Waals surface area contributed by atoms with Crippen molar-refractivity contribution in [3.63, 3.8) is 0 Å². The summed E-state index contributed by atoms with van der Waals surface area (Å²) in [7, 11) is 1.66. The molecule has 0 unspecified atom stereocenters. The number of aromatic nitrogens is 1. The lowest BCUT2D eigenvalue weighted by Gasteiger charge is -2.23. The van der Waals surface area contributed by atoms with Crippen LogP contribution >= 0.6 is 0 Å². The van der Waals surface area contributed by atoms with Gasteiger partial charge in [0.15, 0.2) is 0 Å². The molecule has 1 aliphatic heterocycles. The second-order valence-corrected chi connectivity index (χ2v) is 5.19. The van der Waals surface area contributed by atoms with Crippen molar-refractivity contribution in [3.05, 3.63) is 30.1 Å². The molecule has 0 radical (unpaired) electrons. The maximum absolute atomic E-state index is 12.4. The van der Waals surface area contributed by atoms with Crippen LogP contribution in [0.1, 0.15) is 18.5 Å². The van der Waals surface area contributed by atoms with Crippen LogP contribution < -0.4 is 5.32 Å². The third-order valence-electron chi connectivity index (χ3n) is 3.62. The second kappa shape index (κ2) is 7.97. The van der Waals surface area contributed by atoms with Gasteiger partial charge in [-0.15, -0.1) is 0 Å². The highest BCUT2D eigenvalue weighted by atomic mass is 16.5. The number of nitrogens with one attached hydrogen (secondary N) is 1. The molecule has 0 bridgehead atoms. The number of ether oxygens (including phenoxy) is 1. The van der Waals surface area contributed by atoms with Gasteiger partial charge in [0, 0.05) is 26.3 Å². The Hall–Kier alpha value is -1.46. The highest BCUT2D eigenvalue weighted by Crippen LogP contribution is 2.15. The summed E-state index contributed by atoms with van der Waals surface area (Å²) in [6.45, 7) is 3.71. The van der Waals surface area contributed by atoms with Gasteiger partial charge in [-0.2, -0.15) is 0 Å². The normalized spacial score (nSPS) is 18.1. The predicted octanol–water partition coefficient (Wildman–Crippen LogP) is 1.06. The van der Waals surface area contributed by atoms with Crippen LogP contribution in [0.4, 0.5) is 0 Å². The van der Waals surface area contributed by atoms with Crippen LogP contribution in [0.3, 0.4) is 0 Å². The summed E-state index contributed by atoms with van der Waals surface area (Å²) in [6.07, 6.45) is 3.46. The maximum atomic E-state index is 12.4. The summed E-state index contributed by atoms with van der Waals surface area (Å²) in [4.78, 5) is 18.6. The summed E-state index contributed by atoms with van der Waals surface area (Å²) < 4.78 is 5.10. The Kier molecular flexibility index (Phi) is 5.95. The number of rotatable bonds is 7. The highest BCUT2D eigenvalue weighted by molar-refractivity contribution is 5.76. The third kappa shape index (κ3) is 4.58. The number of hydrogen-bond acceptors (Lipinski definition) is 4. The first-order valence-corrected chi connectivity index (χ1v) is 7.17. The monoisotopic (exact) mass is 277 g/mol. The van der Waals surface area contributed by atoms with E-state index in [-0.39, 0.29) is 5.91 Å². The standard InChI is InChI=1S/C15H23N3O2/c1-20-9-8-18(12-14-4-2-3-6-17-14)15(19)10-13-5-7-16-11-13/h2-4,6,13,16H,5,7-12H2,1H3/t13-/m1/s1. The van der Waals surface area contributed by atoms with E-state index in [9.17, 15) is 4.79 Å². The minimum absolute atomic E-state index is 0.196. The number of pyridine rings is 1. The minimum Gasteiger partial charge on any atom is -0.383 e. The summed E-state index contributed by atoms with van der Waals surface area (Å²) >= 11 is 0. The molecule has 1 atom stereocenters. The molecule has 0 spiro atoms. The van der Waals surface area contributed by atoms with Crippen molar-refractivity contribution in [2.24, 2.45) is 5.92 Å². The lowest BCUT2D eigenvalue weighted by molar-refractivity contribution is -0.133. The van der Waals surface area contributed by atoms with E-state index in [4.69, 9.17) is 4.74 Å². The largest absolute Gasteiger partial charge is 0.383 e.